The van der Waals surface area contributed by atoms with Crippen LogP contribution in [0.1, 0.15) is 29.9 Å². The Bertz CT molecular complexity index is 1640. The molecule has 0 saturated carbocycles. The second-order valence-electron chi connectivity index (χ2n) is 10.6. The van der Waals surface area contributed by atoms with E-state index in [1.54, 1.807) is 34.8 Å². The molecule has 1 fully saturated rings. The van der Waals surface area contributed by atoms with Crippen molar-refractivity contribution in [2.24, 2.45) is 0 Å². The number of imidazole rings is 1. The zero-order valence-corrected chi connectivity index (χ0v) is 24.7. The Morgan fingerprint density at radius 1 is 0.953 bits per heavy atom. The highest BCUT2D eigenvalue weighted by Crippen LogP contribution is 2.31. The van der Waals surface area contributed by atoms with Crippen molar-refractivity contribution in [3.8, 4) is 28.4 Å². The van der Waals surface area contributed by atoms with Crippen molar-refractivity contribution in [2.45, 2.75) is 26.4 Å². The van der Waals surface area contributed by atoms with Crippen LogP contribution in [-0.4, -0.2) is 71.8 Å². The monoisotopic (exact) mass is 583 g/mol. The van der Waals surface area contributed by atoms with Crippen LogP contribution in [-0.2, 0) is 11.3 Å². The molecule has 0 unspecified atom stereocenters. The SMILES string of the molecule is COc1ccccc1-n1c(-c2ccccc2)c(C(=O)N2CCNCC2)n(Cc2cccc(OCC(=O)NC(C)C)c2)c1=O. The summed E-state index contributed by atoms with van der Waals surface area (Å²) in [7, 11) is 1.56. The predicted molar refractivity (Wildman–Crippen MR) is 165 cm³/mol. The molecule has 3 aromatic carbocycles. The Hall–Kier alpha value is -4.83. The fourth-order valence-corrected chi connectivity index (χ4v) is 5.26. The Morgan fingerprint density at radius 3 is 2.40 bits per heavy atom. The Kier molecular flexibility index (Phi) is 9.26. The first-order valence-electron chi connectivity index (χ1n) is 14.4. The van der Waals surface area contributed by atoms with Crippen LogP contribution in [0.5, 0.6) is 11.5 Å². The summed E-state index contributed by atoms with van der Waals surface area (Å²) in [5.74, 6) is 0.563. The van der Waals surface area contributed by atoms with Gasteiger partial charge in [0.05, 0.1) is 25.0 Å². The molecule has 10 heteroatoms. The lowest BCUT2D eigenvalue weighted by Crippen LogP contribution is -2.47. The van der Waals surface area contributed by atoms with Crippen molar-refractivity contribution in [3.05, 3.63) is 101 Å². The molecule has 1 aromatic heterocycles. The number of hydrogen-bond acceptors (Lipinski definition) is 6. The van der Waals surface area contributed by atoms with E-state index in [4.69, 9.17) is 9.47 Å². The van der Waals surface area contributed by atoms with Crippen LogP contribution in [0.25, 0.3) is 16.9 Å². The number of amides is 2. The fourth-order valence-electron chi connectivity index (χ4n) is 5.26. The molecule has 1 aliphatic heterocycles. The smallest absolute Gasteiger partial charge is 0.334 e. The average molecular weight is 584 g/mol. The summed E-state index contributed by atoms with van der Waals surface area (Å²) in [6.45, 7) is 6.17. The van der Waals surface area contributed by atoms with Crippen LogP contribution in [0.3, 0.4) is 0 Å². The summed E-state index contributed by atoms with van der Waals surface area (Å²) < 4.78 is 14.5. The van der Waals surface area contributed by atoms with Gasteiger partial charge >= 0.3 is 5.69 Å². The van der Waals surface area contributed by atoms with Gasteiger partial charge in [0.25, 0.3) is 11.8 Å². The number of rotatable bonds is 10. The zero-order chi connectivity index (χ0) is 30.3. The number of carbonyl (C=O) groups is 2. The number of hydrogen-bond donors (Lipinski definition) is 2. The highest BCUT2D eigenvalue weighted by atomic mass is 16.5. The largest absolute Gasteiger partial charge is 0.495 e. The van der Waals surface area contributed by atoms with Gasteiger partial charge in [-0.15, -0.1) is 0 Å². The minimum absolute atomic E-state index is 0.00652. The molecule has 224 valence electrons. The van der Waals surface area contributed by atoms with Gasteiger partial charge in [-0.1, -0.05) is 54.6 Å². The van der Waals surface area contributed by atoms with E-state index in [9.17, 15) is 14.4 Å². The van der Waals surface area contributed by atoms with Crippen molar-refractivity contribution in [1.82, 2.24) is 24.7 Å². The molecule has 0 atom stereocenters. The fraction of sp³-hybridized carbons (Fsp3) is 0.303. The highest BCUT2D eigenvalue weighted by molar-refractivity contribution is 5.99. The zero-order valence-electron chi connectivity index (χ0n) is 24.7. The van der Waals surface area contributed by atoms with Crippen LogP contribution in [0.4, 0.5) is 0 Å². The number of para-hydroxylation sites is 2. The summed E-state index contributed by atoms with van der Waals surface area (Å²) in [5.41, 5.74) is 2.44. The standard InChI is InChI=1S/C33H37N5O5/c1-23(2)35-29(39)22-43-26-13-9-10-24(20-26)21-37-31(32(40)36-18-16-34-17-19-36)30(25-11-5-4-6-12-25)38(33(37)41)27-14-7-8-15-28(27)42-3/h4-15,20,23,34H,16-19,21-22H2,1-3H3,(H,35,39). The Morgan fingerprint density at radius 2 is 1.67 bits per heavy atom. The van der Waals surface area contributed by atoms with Gasteiger partial charge in [-0.25, -0.2) is 4.79 Å². The molecule has 0 spiro atoms. The third kappa shape index (κ3) is 6.65. The van der Waals surface area contributed by atoms with Gasteiger partial charge in [-0.3, -0.25) is 18.7 Å². The molecule has 4 aromatic rings. The molecule has 5 rings (SSSR count). The summed E-state index contributed by atoms with van der Waals surface area (Å²) in [6.07, 6.45) is 0. The van der Waals surface area contributed by atoms with Gasteiger partial charge < -0.3 is 25.0 Å². The number of benzene rings is 3. The van der Waals surface area contributed by atoms with Gasteiger partial charge in [0, 0.05) is 37.8 Å². The van der Waals surface area contributed by atoms with Gasteiger partial charge in [0.1, 0.15) is 17.2 Å². The molecule has 0 radical (unpaired) electrons. The first-order valence-corrected chi connectivity index (χ1v) is 14.4. The maximum atomic E-state index is 14.4. The maximum Gasteiger partial charge on any atom is 0.334 e. The van der Waals surface area contributed by atoms with E-state index < -0.39 is 0 Å². The van der Waals surface area contributed by atoms with E-state index in [1.807, 2.05) is 74.5 Å². The molecule has 1 aliphatic rings. The van der Waals surface area contributed by atoms with Gasteiger partial charge in [0.2, 0.25) is 0 Å². The second kappa shape index (κ2) is 13.4. The molecule has 1 saturated heterocycles. The molecule has 0 aliphatic carbocycles. The molecular formula is C33H37N5O5. The number of piperazine rings is 1. The first-order chi connectivity index (χ1) is 20.9. The number of nitrogens with zero attached hydrogens (tertiary/aromatic N) is 3. The van der Waals surface area contributed by atoms with E-state index >= 15 is 0 Å². The van der Waals surface area contributed by atoms with Gasteiger partial charge in [0.15, 0.2) is 6.61 Å². The highest BCUT2D eigenvalue weighted by Gasteiger charge is 2.31. The van der Waals surface area contributed by atoms with Crippen molar-refractivity contribution in [3.63, 3.8) is 0 Å². The topological polar surface area (TPSA) is 107 Å². The number of carbonyl (C=O) groups excluding carboxylic acids is 2. The van der Waals surface area contributed by atoms with E-state index in [-0.39, 0.29) is 36.7 Å². The van der Waals surface area contributed by atoms with Crippen molar-refractivity contribution < 1.29 is 19.1 Å². The Labute approximate surface area is 250 Å². The molecule has 2 amide bonds. The lowest BCUT2D eigenvalue weighted by Gasteiger charge is -2.28. The van der Waals surface area contributed by atoms with E-state index in [0.29, 0.717) is 54.8 Å². The lowest BCUT2D eigenvalue weighted by molar-refractivity contribution is -0.123. The molecule has 2 N–H and O–H groups in total. The number of nitrogens with one attached hydrogen (secondary N) is 2. The van der Waals surface area contributed by atoms with Crippen LogP contribution >= 0.6 is 0 Å². The molecule has 43 heavy (non-hydrogen) atoms. The lowest BCUT2D eigenvalue weighted by atomic mass is 10.1. The number of methoxy groups -OCH3 is 1. The quantitative estimate of drug-likeness (QED) is 0.297. The van der Waals surface area contributed by atoms with Crippen LogP contribution in [0, 0.1) is 0 Å². The van der Waals surface area contributed by atoms with Crippen molar-refractivity contribution >= 4 is 11.8 Å². The predicted octanol–water partition coefficient (Wildman–Crippen LogP) is 3.31. The minimum Gasteiger partial charge on any atom is -0.495 e. The molecule has 10 nitrogen and oxygen atoms in total. The van der Waals surface area contributed by atoms with Crippen molar-refractivity contribution in [1.29, 1.82) is 0 Å². The van der Waals surface area contributed by atoms with E-state index in [0.717, 1.165) is 11.1 Å². The second-order valence-corrected chi connectivity index (χ2v) is 10.6. The van der Waals surface area contributed by atoms with E-state index in [2.05, 4.69) is 10.6 Å². The molecule has 0 bridgehead atoms. The van der Waals surface area contributed by atoms with Crippen molar-refractivity contribution in [2.75, 3.05) is 39.9 Å². The van der Waals surface area contributed by atoms with Gasteiger partial charge in [-0.05, 0) is 43.7 Å². The summed E-state index contributed by atoms with van der Waals surface area (Å²) in [4.78, 5) is 42.7. The minimum atomic E-state index is -0.371. The first kappa shape index (κ1) is 29.7. The third-order valence-electron chi connectivity index (χ3n) is 7.18. The summed E-state index contributed by atoms with van der Waals surface area (Å²) >= 11 is 0. The number of ether oxygens (including phenoxy) is 2. The van der Waals surface area contributed by atoms with Crippen LogP contribution in [0.15, 0.2) is 83.7 Å². The average Bonchev–Trinajstić information content (AvgIpc) is 3.31. The van der Waals surface area contributed by atoms with Crippen LogP contribution in [0.2, 0.25) is 0 Å². The van der Waals surface area contributed by atoms with Gasteiger partial charge in [-0.2, -0.15) is 0 Å². The number of aromatic nitrogens is 2. The van der Waals surface area contributed by atoms with Crippen LogP contribution < -0.4 is 25.8 Å². The molecule has 2 heterocycles. The maximum absolute atomic E-state index is 14.4. The summed E-state index contributed by atoms with van der Waals surface area (Å²) in [6, 6.07) is 24.0. The normalized spacial score (nSPS) is 13.2. The third-order valence-corrected chi connectivity index (χ3v) is 7.18. The summed E-state index contributed by atoms with van der Waals surface area (Å²) in [5, 5.41) is 6.10. The Balaban J connectivity index is 1.65. The van der Waals surface area contributed by atoms with E-state index in [1.165, 1.54) is 4.57 Å². The molecular weight excluding hydrogens is 546 g/mol.